The van der Waals surface area contributed by atoms with Crippen LogP contribution in [0.2, 0.25) is 0 Å². The Balaban J connectivity index is 2.09. The third-order valence-electron chi connectivity index (χ3n) is 2.31. The van der Waals surface area contributed by atoms with Gasteiger partial charge in [0, 0.05) is 22.3 Å². The lowest BCUT2D eigenvalue weighted by Crippen LogP contribution is -1.85. The molecule has 1 aliphatic carbocycles. The molecule has 0 amide bonds. The summed E-state index contributed by atoms with van der Waals surface area (Å²) in [5.74, 6) is 3.89. The van der Waals surface area contributed by atoms with Gasteiger partial charge in [-0.3, -0.25) is 0 Å². The summed E-state index contributed by atoms with van der Waals surface area (Å²) in [7, 11) is 0. The van der Waals surface area contributed by atoms with Crippen LogP contribution in [0.1, 0.15) is 41.3 Å². The molecule has 1 saturated carbocycles. The van der Waals surface area contributed by atoms with Crippen LogP contribution in [-0.2, 0) is 11.5 Å². The third-order valence-corrected chi connectivity index (χ3v) is 4.98. The van der Waals surface area contributed by atoms with Crippen molar-refractivity contribution in [2.75, 3.05) is 5.75 Å². The number of hydrogen-bond donors (Lipinski definition) is 1. The number of thioether (sulfide) groups is 1. The van der Waals surface area contributed by atoms with Crippen molar-refractivity contribution < 1.29 is 0 Å². The van der Waals surface area contributed by atoms with Crippen LogP contribution in [0, 0.1) is 0 Å². The number of thiol groups is 1. The normalized spacial score (nSPS) is 16.1. The zero-order valence-electron chi connectivity index (χ0n) is 8.32. The Morgan fingerprint density at radius 1 is 1.57 bits per heavy atom. The first kappa shape index (κ1) is 10.8. The molecule has 0 atom stereocenters. The summed E-state index contributed by atoms with van der Waals surface area (Å²) in [5, 5.41) is 1.29. The van der Waals surface area contributed by atoms with E-state index in [0.717, 1.165) is 17.4 Å². The Morgan fingerprint density at radius 2 is 2.36 bits per heavy atom. The number of hydrogen-bond acceptors (Lipinski definition) is 4. The Morgan fingerprint density at radius 3 is 2.93 bits per heavy atom. The molecule has 0 bridgehead atoms. The predicted octanol–water partition coefficient (Wildman–Crippen LogP) is 3.70. The molecule has 0 aliphatic heterocycles. The minimum atomic E-state index is 0.772. The van der Waals surface area contributed by atoms with Crippen molar-refractivity contribution in [3.8, 4) is 0 Å². The highest BCUT2D eigenvalue weighted by Gasteiger charge is 2.28. The summed E-state index contributed by atoms with van der Waals surface area (Å²) in [5.41, 5.74) is 1.36. The number of aromatic nitrogens is 1. The Bertz CT molecular complexity index is 304. The number of rotatable bonds is 5. The quantitative estimate of drug-likeness (QED) is 0.794. The lowest BCUT2D eigenvalue weighted by atomic mass is 10.3. The van der Waals surface area contributed by atoms with Crippen LogP contribution in [0.3, 0.4) is 0 Å². The number of nitrogens with zero attached hydrogens (tertiary/aromatic N) is 1. The van der Waals surface area contributed by atoms with Gasteiger partial charge in [0.05, 0.1) is 5.69 Å². The van der Waals surface area contributed by atoms with Gasteiger partial charge >= 0.3 is 0 Å². The van der Waals surface area contributed by atoms with Gasteiger partial charge in [0.1, 0.15) is 5.01 Å². The molecular weight excluding hydrogens is 230 g/mol. The van der Waals surface area contributed by atoms with E-state index in [2.05, 4.69) is 19.6 Å². The maximum atomic E-state index is 4.73. The standard InChI is InChI=1S/C10H15NS3/c1-2-13-6-9-11-10(7-3-4-7)8(5-12)14-9/h7,12H,2-6H2,1H3. The van der Waals surface area contributed by atoms with Crippen molar-refractivity contribution >= 4 is 35.7 Å². The first-order valence-corrected chi connectivity index (χ1v) is 7.62. The van der Waals surface area contributed by atoms with E-state index in [4.69, 9.17) is 4.98 Å². The minimum absolute atomic E-state index is 0.772. The molecule has 0 saturated heterocycles. The van der Waals surface area contributed by atoms with Gasteiger partial charge in [-0.15, -0.1) is 11.3 Å². The summed E-state index contributed by atoms with van der Waals surface area (Å²) in [6, 6.07) is 0. The molecule has 0 N–H and O–H groups in total. The molecule has 1 heterocycles. The van der Waals surface area contributed by atoms with E-state index in [1.54, 1.807) is 0 Å². The fraction of sp³-hybridized carbons (Fsp3) is 0.700. The van der Waals surface area contributed by atoms with Gasteiger partial charge in [-0.25, -0.2) is 4.98 Å². The average molecular weight is 245 g/mol. The van der Waals surface area contributed by atoms with Crippen LogP contribution in [0.15, 0.2) is 0 Å². The van der Waals surface area contributed by atoms with Gasteiger partial charge < -0.3 is 0 Å². The van der Waals surface area contributed by atoms with Crippen LogP contribution in [-0.4, -0.2) is 10.7 Å². The number of thiazole rings is 1. The van der Waals surface area contributed by atoms with Crippen LogP contribution in [0.4, 0.5) is 0 Å². The molecule has 1 nitrogen and oxygen atoms in total. The lowest BCUT2D eigenvalue weighted by molar-refractivity contribution is 1.01. The Kier molecular flexibility index (Phi) is 3.79. The van der Waals surface area contributed by atoms with E-state index in [0.29, 0.717) is 0 Å². The lowest BCUT2D eigenvalue weighted by Gasteiger charge is -1.93. The van der Waals surface area contributed by atoms with Gasteiger partial charge in [-0.05, 0) is 18.6 Å². The van der Waals surface area contributed by atoms with Crippen molar-refractivity contribution in [1.29, 1.82) is 0 Å². The fourth-order valence-electron chi connectivity index (χ4n) is 1.45. The summed E-state index contributed by atoms with van der Waals surface area (Å²) < 4.78 is 0. The third kappa shape index (κ3) is 2.47. The molecule has 4 heteroatoms. The van der Waals surface area contributed by atoms with Gasteiger partial charge in [-0.2, -0.15) is 24.4 Å². The van der Waals surface area contributed by atoms with E-state index in [-0.39, 0.29) is 0 Å². The predicted molar refractivity (Wildman–Crippen MR) is 68.6 cm³/mol. The monoisotopic (exact) mass is 245 g/mol. The topological polar surface area (TPSA) is 12.9 Å². The maximum absolute atomic E-state index is 4.73. The molecule has 1 aromatic rings. The molecule has 0 radical (unpaired) electrons. The van der Waals surface area contributed by atoms with E-state index < -0.39 is 0 Å². The molecule has 0 spiro atoms. The van der Waals surface area contributed by atoms with Gasteiger partial charge in [-0.1, -0.05) is 6.92 Å². The van der Waals surface area contributed by atoms with Crippen molar-refractivity contribution in [1.82, 2.24) is 4.98 Å². The van der Waals surface area contributed by atoms with E-state index >= 15 is 0 Å². The highest BCUT2D eigenvalue weighted by Crippen LogP contribution is 2.43. The van der Waals surface area contributed by atoms with Crippen molar-refractivity contribution in [2.45, 2.75) is 37.2 Å². The SMILES string of the molecule is CCSCc1nc(C2CC2)c(CS)s1. The second-order valence-electron chi connectivity index (χ2n) is 3.49. The Labute approximate surface area is 99.1 Å². The van der Waals surface area contributed by atoms with Crippen LogP contribution < -0.4 is 0 Å². The van der Waals surface area contributed by atoms with E-state index in [1.165, 1.54) is 34.2 Å². The second kappa shape index (κ2) is 4.90. The van der Waals surface area contributed by atoms with Crippen LogP contribution in [0.25, 0.3) is 0 Å². The fourth-order valence-corrected chi connectivity index (χ4v) is 3.55. The van der Waals surface area contributed by atoms with Gasteiger partial charge in [0.2, 0.25) is 0 Å². The summed E-state index contributed by atoms with van der Waals surface area (Å²) in [6.45, 7) is 2.19. The molecule has 2 rings (SSSR count). The molecule has 1 aromatic heterocycles. The van der Waals surface area contributed by atoms with E-state index in [1.807, 2.05) is 23.1 Å². The van der Waals surface area contributed by atoms with Crippen LogP contribution >= 0.6 is 35.7 Å². The highest BCUT2D eigenvalue weighted by atomic mass is 32.2. The van der Waals surface area contributed by atoms with E-state index in [9.17, 15) is 0 Å². The zero-order chi connectivity index (χ0) is 9.97. The first-order chi connectivity index (χ1) is 6.85. The molecule has 14 heavy (non-hydrogen) atoms. The average Bonchev–Trinajstić information content (AvgIpc) is 2.96. The van der Waals surface area contributed by atoms with Crippen molar-refractivity contribution in [3.05, 3.63) is 15.6 Å². The minimum Gasteiger partial charge on any atom is -0.245 e. The van der Waals surface area contributed by atoms with Crippen molar-refractivity contribution in [3.63, 3.8) is 0 Å². The van der Waals surface area contributed by atoms with Gasteiger partial charge in [0.15, 0.2) is 0 Å². The summed E-state index contributed by atoms with van der Waals surface area (Å²) >= 11 is 8.18. The van der Waals surface area contributed by atoms with Gasteiger partial charge in [0.25, 0.3) is 0 Å². The molecular formula is C10H15NS3. The Hall–Kier alpha value is 0.330. The maximum Gasteiger partial charge on any atom is 0.103 e. The first-order valence-electron chi connectivity index (χ1n) is 5.02. The molecule has 78 valence electrons. The molecule has 1 aliphatic rings. The smallest absolute Gasteiger partial charge is 0.103 e. The molecule has 0 unspecified atom stereocenters. The molecule has 0 aromatic carbocycles. The zero-order valence-corrected chi connectivity index (χ0v) is 10.9. The molecule has 1 fully saturated rings. The largest absolute Gasteiger partial charge is 0.245 e. The summed E-state index contributed by atoms with van der Waals surface area (Å²) in [6.07, 6.45) is 2.68. The van der Waals surface area contributed by atoms with Crippen LogP contribution in [0.5, 0.6) is 0 Å². The summed E-state index contributed by atoms with van der Waals surface area (Å²) in [4.78, 5) is 6.13. The van der Waals surface area contributed by atoms with Crippen molar-refractivity contribution in [2.24, 2.45) is 0 Å². The second-order valence-corrected chi connectivity index (χ2v) is 6.24. The highest BCUT2D eigenvalue weighted by molar-refractivity contribution is 7.98.